The normalized spacial score (nSPS) is 17.1. The maximum atomic E-state index is 5.75. The fourth-order valence-electron chi connectivity index (χ4n) is 3.26. The highest BCUT2D eigenvalue weighted by Crippen LogP contribution is 2.37. The van der Waals surface area contributed by atoms with E-state index in [1.165, 1.54) is 24.8 Å². The van der Waals surface area contributed by atoms with Crippen molar-refractivity contribution in [3.8, 4) is 5.75 Å². The Labute approximate surface area is 128 Å². The molecule has 118 valence electrons. The van der Waals surface area contributed by atoms with Crippen LogP contribution in [0.2, 0.25) is 0 Å². The molecule has 0 spiro atoms. The number of nitrogens with two attached hydrogens (primary N) is 1. The van der Waals surface area contributed by atoms with Gasteiger partial charge in [-0.15, -0.1) is 0 Å². The molecule has 0 saturated heterocycles. The van der Waals surface area contributed by atoms with Crippen LogP contribution in [-0.2, 0) is 13.1 Å². The number of hydrogen-bond acceptors (Lipinski definition) is 4. The molecule has 1 aromatic carbocycles. The SMILES string of the molecule is COc1ccc(CN)cc1CN(C)CC1(N(C)C)CCC1. The van der Waals surface area contributed by atoms with Crippen LogP contribution in [0.25, 0.3) is 0 Å². The van der Waals surface area contributed by atoms with Crippen molar-refractivity contribution in [1.29, 1.82) is 0 Å². The van der Waals surface area contributed by atoms with Gasteiger partial charge in [0.25, 0.3) is 0 Å². The van der Waals surface area contributed by atoms with Gasteiger partial charge in [0.15, 0.2) is 0 Å². The molecule has 0 amide bonds. The van der Waals surface area contributed by atoms with Crippen LogP contribution in [0.15, 0.2) is 18.2 Å². The van der Waals surface area contributed by atoms with E-state index in [0.717, 1.165) is 24.4 Å². The Morgan fingerprint density at radius 1 is 1.24 bits per heavy atom. The second kappa shape index (κ2) is 6.77. The third-order valence-corrected chi connectivity index (χ3v) is 4.82. The molecule has 4 nitrogen and oxygen atoms in total. The molecule has 1 aromatic rings. The second-order valence-corrected chi connectivity index (χ2v) is 6.49. The van der Waals surface area contributed by atoms with E-state index in [1.807, 2.05) is 12.1 Å². The summed E-state index contributed by atoms with van der Waals surface area (Å²) in [6.07, 6.45) is 3.94. The van der Waals surface area contributed by atoms with E-state index in [-0.39, 0.29) is 0 Å². The molecular weight excluding hydrogens is 262 g/mol. The lowest BCUT2D eigenvalue weighted by atomic mass is 9.75. The quantitative estimate of drug-likeness (QED) is 0.835. The molecule has 0 radical (unpaired) electrons. The average Bonchev–Trinajstić information content (AvgIpc) is 2.42. The lowest BCUT2D eigenvalue weighted by Crippen LogP contribution is -2.56. The van der Waals surface area contributed by atoms with E-state index in [0.29, 0.717) is 12.1 Å². The molecule has 1 aliphatic carbocycles. The Morgan fingerprint density at radius 3 is 2.43 bits per heavy atom. The van der Waals surface area contributed by atoms with Gasteiger partial charge in [-0.1, -0.05) is 6.07 Å². The lowest BCUT2D eigenvalue weighted by Gasteiger charge is -2.49. The number of rotatable bonds is 7. The minimum Gasteiger partial charge on any atom is -0.496 e. The molecule has 1 fully saturated rings. The third kappa shape index (κ3) is 3.57. The van der Waals surface area contributed by atoms with Gasteiger partial charge in [0.2, 0.25) is 0 Å². The fourth-order valence-corrected chi connectivity index (χ4v) is 3.26. The molecule has 4 heteroatoms. The van der Waals surface area contributed by atoms with Gasteiger partial charge in [0.1, 0.15) is 5.75 Å². The highest BCUT2D eigenvalue weighted by atomic mass is 16.5. The zero-order valence-corrected chi connectivity index (χ0v) is 13.9. The summed E-state index contributed by atoms with van der Waals surface area (Å²) in [7, 11) is 8.32. The number of ether oxygens (including phenoxy) is 1. The molecular formula is C17H29N3O. The molecule has 0 atom stereocenters. The van der Waals surface area contributed by atoms with Crippen LogP contribution < -0.4 is 10.5 Å². The number of nitrogens with zero attached hydrogens (tertiary/aromatic N) is 2. The maximum Gasteiger partial charge on any atom is 0.123 e. The molecule has 1 aliphatic rings. The Balaban J connectivity index is 2.06. The molecule has 0 heterocycles. The summed E-state index contributed by atoms with van der Waals surface area (Å²) in [6, 6.07) is 6.23. The molecule has 0 aliphatic heterocycles. The molecule has 21 heavy (non-hydrogen) atoms. The zero-order valence-electron chi connectivity index (χ0n) is 13.9. The average molecular weight is 291 g/mol. The number of hydrogen-bond donors (Lipinski definition) is 1. The molecule has 0 bridgehead atoms. The van der Waals surface area contributed by atoms with Crippen LogP contribution >= 0.6 is 0 Å². The van der Waals surface area contributed by atoms with E-state index in [2.05, 4.69) is 37.0 Å². The second-order valence-electron chi connectivity index (χ2n) is 6.49. The summed E-state index contributed by atoms with van der Waals surface area (Å²) in [5, 5.41) is 0. The van der Waals surface area contributed by atoms with Gasteiger partial charge >= 0.3 is 0 Å². The van der Waals surface area contributed by atoms with Gasteiger partial charge in [-0.05, 0) is 58.1 Å². The van der Waals surface area contributed by atoms with E-state index >= 15 is 0 Å². The molecule has 0 aromatic heterocycles. The minimum absolute atomic E-state index is 0.355. The summed E-state index contributed by atoms with van der Waals surface area (Å²) in [5.41, 5.74) is 8.48. The van der Waals surface area contributed by atoms with Crippen molar-refractivity contribution >= 4 is 0 Å². The molecule has 0 unspecified atom stereocenters. The summed E-state index contributed by atoms with van der Waals surface area (Å²) in [4.78, 5) is 4.79. The van der Waals surface area contributed by atoms with Crippen molar-refractivity contribution in [2.45, 2.75) is 37.9 Å². The third-order valence-electron chi connectivity index (χ3n) is 4.82. The summed E-state index contributed by atoms with van der Waals surface area (Å²) in [6.45, 7) is 2.56. The Hall–Kier alpha value is -1.10. The first-order valence-electron chi connectivity index (χ1n) is 7.72. The van der Waals surface area contributed by atoms with Crippen molar-refractivity contribution in [2.75, 3.05) is 34.8 Å². The highest BCUT2D eigenvalue weighted by Gasteiger charge is 2.39. The first-order valence-corrected chi connectivity index (χ1v) is 7.72. The van der Waals surface area contributed by atoms with Crippen LogP contribution in [0.3, 0.4) is 0 Å². The minimum atomic E-state index is 0.355. The predicted molar refractivity (Wildman–Crippen MR) is 87.5 cm³/mol. The Kier molecular flexibility index (Phi) is 5.25. The monoisotopic (exact) mass is 291 g/mol. The zero-order chi connectivity index (χ0) is 15.5. The molecule has 2 N–H and O–H groups in total. The smallest absolute Gasteiger partial charge is 0.123 e. The summed E-state index contributed by atoms with van der Waals surface area (Å²) >= 11 is 0. The van der Waals surface area contributed by atoms with Crippen LogP contribution in [0.4, 0.5) is 0 Å². The van der Waals surface area contributed by atoms with Crippen molar-refractivity contribution in [3.05, 3.63) is 29.3 Å². The van der Waals surface area contributed by atoms with E-state index in [9.17, 15) is 0 Å². The lowest BCUT2D eigenvalue weighted by molar-refractivity contribution is 0.0257. The topological polar surface area (TPSA) is 41.7 Å². The van der Waals surface area contributed by atoms with Crippen molar-refractivity contribution in [1.82, 2.24) is 9.80 Å². The number of likely N-dealkylation sites (N-methyl/N-ethyl adjacent to an activating group) is 2. The van der Waals surface area contributed by atoms with Gasteiger partial charge in [0, 0.05) is 30.7 Å². The summed E-state index contributed by atoms with van der Waals surface area (Å²) in [5.74, 6) is 0.951. The van der Waals surface area contributed by atoms with Crippen LogP contribution in [0.5, 0.6) is 5.75 Å². The summed E-state index contributed by atoms with van der Waals surface area (Å²) < 4.78 is 5.49. The van der Waals surface area contributed by atoms with Crippen molar-refractivity contribution in [2.24, 2.45) is 5.73 Å². The van der Waals surface area contributed by atoms with Crippen LogP contribution in [0.1, 0.15) is 30.4 Å². The standard InChI is InChI=1S/C17H29N3O/c1-19(2)17(8-5-9-17)13-20(3)12-15-10-14(11-18)6-7-16(15)21-4/h6-7,10H,5,8-9,11-13,18H2,1-4H3. The first kappa shape index (κ1) is 16.3. The van der Waals surface area contributed by atoms with E-state index < -0.39 is 0 Å². The van der Waals surface area contributed by atoms with Gasteiger partial charge < -0.3 is 20.3 Å². The van der Waals surface area contributed by atoms with Crippen molar-refractivity contribution in [3.63, 3.8) is 0 Å². The van der Waals surface area contributed by atoms with Crippen LogP contribution in [0, 0.1) is 0 Å². The predicted octanol–water partition coefficient (Wildman–Crippen LogP) is 2.07. The Morgan fingerprint density at radius 2 is 1.95 bits per heavy atom. The largest absolute Gasteiger partial charge is 0.496 e. The first-order chi connectivity index (χ1) is 10.0. The maximum absolute atomic E-state index is 5.75. The van der Waals surface area contributed by atoms with Crippen molar-refractivity contribution < 1.29 is 4.74 Å². The van der Waals surface area contributed by atoms with Gasteiger partial charge in [-0.25, -0.2) is 0 Å². The fraction of sp³-hybridized carbons (Fsp3) is 0.647. The molecule has 2 rings (SSSR count). The number of benzene rings is 1. The van der Waals surface area contributed by atoms with Gasteiger partial charge in [-0.2, -0.15) is 0 Å². The van der Waals surface area contributed by atoms with Crippen LogP contribution in [-0.4, -0.2) is 50.1 Å². The van der Waals surface area contributed by atoms with Gasteiger partial charge in [0.05, 0.1) is 7.11 Å². The van der Waals surface area contributed by atoms with E-state index in [1.54, 1.807) is 7.11 Å². The van der Waals surface area contributed by atoms with E-state index in [4.69, 9.17) is 10.5 Å². The molecule has 1 saturated carbocycles. The van der Waals surface area contributed by atoms with Gasteiger partial charge in [-0.3, -0.25) is 0 Å². The number of methoxy groups -OCH3 is 1. The highest BCUT2D eigenvalue weighted by molar-refractivity contribution is 5.37. The Bertz CT molecular complexity index is 469.